The summed E-state index contributed by atoms with van der Waals surface area (Å²) in [6.07, 6.45) is 1.87. The normalized spacial score (nSPS) is 12.6. The van der Waals surface area contributed by atoms with Crippen molar-refractivity contribution in [2.75, 3.05) is 25.3 Å². The summed E-state index contributed by atoms with van der Waals surface area (Å²) in [6, 6.07) is 50.8. The number of nitrogens with one attached hydrogen (secondary N) is 1. The lowest BCUT2D eigenvalue weighted by Crippen LogP contribution is -2.33. The topological polar surface area (TPSA) is 117 Å². The van der Waals surface area contributed by atoms with Crippen molar-refractivity contribution in [2.24, 2.45) is 4.99 Å². The molecule has 67 heavy (non-hydrogen) atoms. The van der Waals surface area contributed by atoms with Gasteiger partial charge in [0.1, 0.15) is 17.5 Å². The number of carbonyl (C=O) groups is 2. The molecule has 338 valence electrons. The van der Waals surface area contributed by atoms with Crippen LogP contribution in [-0.4, -0.2) is 58.1 Å². The summed E-state index contributed by atoms with van der Waals surface area (Å²) in [5.41, 5.74) is 6.78. The lowest BCUT2D eigenvalue weighted by atomic mass is 9.95. The van der Waals surface area contributed by atoms with E-state index in [1.165, 1.54) is 17.8 Å². The van der Waals surface area contributed by atoms with Gasteiger partial charge in [-0.1, -0.05) is 145 Å². The molecule has 0 radical (unpaired) electrons. The Labute approximate surface area is 392 Å². The molecule has 0 aliphatic heterocycles. The lowest BCUT2D eigenvalue weighted by molar-refractivity contribution is -0.421. The van der Waals surface area contributed by atoms with E-state index >= 15 is 0 Å². The van der Waals surface area contributed by atoms with Gasteiger partial charge in [0.15, 0.2) is 0 Å². The van der Waals surface area contributed by atoms with E-state index in [9.17, 15) is 18.4 Å². The minimum absolute atomic E-state index is 0.179. The molecule has 10 nitrogen and oxygen atoms in total. The summed E-state index contributed by atoms with van der Waals surface area (Å²) < 4.78 is 42.5. The number of thioether (sulfide) groups is 1. The minimum Gasteiger partial charge on any atom is -0.338 e. The van der Waals surface area contributed by atoms with Crippen molar-refractivity contribution in [1.29, 1.82) is 0 Å². The molecule has 2 unspecified atom stereocenters. The highest BCUT2D eigenvalue weighted by atomic mass is 32.2. The number of amidine groups is 2. The van der Waals surface area contributed by atoms with Crippen molar-refractivity contribution in [3.8, 4) is 22.3 Å². The largest absolute Gasteiger partial charge is 0.339 e. The van der Waals surface area contributed by atoms with E-state index in [0.717, 1.165) is 22.3 Å². The van der Waals surface area contributed by atoms with Gasteiger partial charge in [-0.2, -0.15) is 14.9 Å². The zero-order valence-electron chi connectivity index (χ0n) is 37.9. The van der Waals surface area contributed by atoms with Crippen molar-refractivity contribution in [1.82, 2.24) is 15.6 Å². The smallest absolute Gasteiger partial charge is 0.338 e. The van der Waals surface area contributed by atoms with Gasteiger partial charge in [0, 0.05) is 41.6 Å². The Kier molecular flexibility index (Phi) is 15.5. The minimum atomic E-state index is -0.331. The van der Waals surface area contributed by atoms with Gasteiger partial charge in [-0.05, 0) is 83.6 Å². The molecule has 2 atom stereocenters. The molecule has 0 aliphatic rings. The van der Waals surface area contributed by atoms with Gasteiger partial charge in [-0.15, -0.1) is 0 Å². The first-order chi connectivity index (χ1) is 32.4. The summed E-state index contributed by atoms with van der Waals surface area (Å²) in [5, 5.41) is 11.9. The molecule has 0 fully saturated rings. The fourth-order valence-corrected chi connectivity index (χ4v) is 7.64. The van der Waals surface area contributed by atoms with Crippen LogP contribution in [0.3, 0.4) is 0 Å². The molecular formula is C54H49F2N6O4S+. The van der Waals surface area contributed by atoms with Crippen molar-refractivity contribution in [3.63, 3.8) is 0 Å². The quantitative estimate of drug-likeness (QED) is 0.0819. The summed E-state index contributed by atoms with van der Waals surface area (Å²) >= 11 is 1.38. The average molecular weight is 916 g/mol. The fourth-order valence-electron chi connectivity index (χ4n) is 7.09. The Bertz CT molecular complexity index is 3010. The highest BCUT2D eigenvalue weighted by Gasteiger charge is 2.24. The van der Waals surface area contributed by atoms with Gasteiger partial charge in [0.25, 0.3) is 5.91 Å². The SMILES string of the molecule is CC(=NC(=O)c1ccccc1)N(C)c1cc(C(C)c2ccc(-c3ccccc3)c(F)c2)no1.CS/C(NC(=O)c1ccccc1)=[N+](/C)c1cc(C(C)c2ccc(-c3ccccc3)c(F)c2)no1. The van der Waals surface area contributed by atoms with Crippen LogP contribution in [0, 0.1) is 11.6 Å². The van der Waals surface area contributed by atoms with Gasteiger partial charge in [0.05, 0.1) is 30.1 Å². The molecule has 6 aromatic carbocycles. The highest BCUT2D eigenvalue weighted by Crippen LogP contribution is 2.32. The first-order valence-corrected chi connectivity index (χ1v) is 22.7. The molecule has 2 aromatic heterocycles. The number of aliphatic imine (C=N–C) groups is 1. The maximum absolute atomic E-state index is 14.9. The number of hydrogen-bond acceptors (Lipinski definition) is 7. The molecule has 0 bridgehead atoms. The monoisotopic (exact) mass is 915 g/mol. The molecular weight excluding hydrogens is 867 g/mol. The predicted molar refractivity (Wildman–Crippen MR) is 262 cm³/mol. The number of benzene rings is 6. The average Bonchev–Trinajstić information content (AvgIpc) is 4.08. The number of amides is 2. The van der Waals surface area contributed by atoms with E-state index in [1.807, 2.05) is 117 Å². The third kappa shape index (κ3) is 11.6. The number of anilines is 1. The van der Waals surface area contributed by atoms with E-state index in [-0.39, 0.29) is 35.3 Å². The zero-order chi connectivity index (χ0) is 47.5. The highest BCUT2D eigenvalue weighted by molar-refractivity contribution is 8.13. The van der Waals surface area contributed by atoms with Crippen molar-refractivity contribution in [2.45, 2.75) is 32.6 Å². The first kappa shape index (κ1) is 47.2. The van der Waals surface area contributed by atoms with Crippen LogP contribution in [0.25, 0.3) is 22.3 Å². The van der Waals surface area contributed by atoms with Gasteiger partial charge in [0.2, 0.25) is 5.88 Å². The molecule has 8 aromatic rings. The summed E-state index contributed by atoms with van der Waals surface area (Å²) in [6.45, 7) is 5.62. The molecule has 0 saturated carbocycles. The number of hydrogen-bond donors (Lipinski definition) is 1. The van der Waals surface area contributed by atoms with Crippen LogP contribution in [0.1, 0.15) is 75.8 Å². The number of rotatable bonds is 10. The second kappa shape index (κ2) is 21.9. The number of nitrogens with zero attached hydrogens (tertiary/aromatic N) is 5. The Morgan fingerprint density at radius 1 is 0.657 bits per heavy atom. The van der Waals surface area contributed by atoms with E-state index in [1.54, 1.807) is 97.2 Å². The number of aromatic nitrogens is 2. The van der Waals surface area contributed by atoms with E-state index in [4.69, 9.17) is 9.05 Å². The van der Waals surface area contributed by atoms with E-state index in [0.29, 0.717) is 56.4 Å². The molecule has 0 spiro atoms. The van der Waals surface area contributed by atoms with Gasteiger partial charge < -0.3 is 13.9 Å². The molecule has 2 heterocycles. The molecule has 13 heteroatoms. The first-order valence-electron chi connectivity index (χ1n) is 21.4. The van der Waals surface area contributed by atoms with Crippen LogP contribution >= 0.6 is 11.8 Å². The third-order valence-electron chi connectivity index (χ3n) is 11.3. The van der Waals surface area contributed by atoms with Crippen molar-refractivity contribution >= 4 is 46.3 Å². The lowest BCUT2D eigenvalue weighted by Gasteiger charge is -2.14. The second-order valence-electron chi connectivity index (χ2n) is 15.6. The standard InChI is InChI=1S/C27H24FN3O2S.C27H24FN3O2/c1-18(21-14-15-22(23(28)16-21)19-10-6-4-7-11-19)24-17-25(33-30-24)31(2)27(34-3)29-26(32)20-12-8-5-9-13-20;1-18(22-14-15-23(24(28)16-22)20-10-6-4-7-11-20)25-17-26(33-30-25)31(3)19(2)29-27(32)21-12-8-5-9-13-21/h4-18H,1-3H3;4-18H,1-3H3/p+1. The van der Waals surface area contributed by atoms with Crippen LogP contribution in [0.15, 0.2) is 184 Å². The Morgan fingerprint density at radius 3 is 1.61 bits per heavy atom. The van der Waals surface area contributed by atoms with Crippen LogP contribution < -0.4 is 10.2 Å². The third-order valence-corrected chi connectivity index (χ3v) is 12.0. The van der Waals surface area contributed by atoms with Gasteiger partial charge >= 0.3 is 17.0 Å². The molecule has 2 amide bonds. The van der Waals surface area contributed by atoms with Crippen LogP contribution in [0.5, 0.6) is 0 Å². The summed E-state index contributed by atoms with van der Waals surface area (Å²) in [5.74, 6) is -0.0771. The van der Waals surface area contributed by atoms with Crippen LogP contribution in [0.4, 0.5) is 20.5 Å². The molecule has 0 aliphatic carbocycles. The Balaban J connectivity index is 0.000000199. The molecule has 1 N–H and O–H groups in total. The fraction of sp³-hybridized carbons (Fsp3) is 0.148. The van der Waals surface area contributed by atoms with Gasteiger partial charge in [-0.25, -0.2) is 13.6 Å². The Hall–Kier alpha value is -7.77. The molecule has 8 rings (SSSR count). The second-order valence-corrected chi connectivity index (χ2v) is 16.4. The zero-order valence-corrected chi connectivity index (χ0v) is 38.7. The van der Waals surface area contributed by atoms with Crippen LogP contribution in [-0.2, 0) is 0 Å². The van der Waals surface area contributed by atoms with Crippen molar-refractivity contribution < 1.29 is 32.0 Å². The maximum atomic E-state index is 14.9. The predicted octanol–water partition coefficient (Wildman–Crippen LogP) is 12.4. The van der Waals surface area contributed by atoms with E-state index < -0.39 is 0 Å². The summed E-state index contributed by atoms with van der Waals surface area (Å²) in [7, 11) is 3.54. The maximum Gasteiger partial charge on any atom is 0.339 e. The number of halogens is 2. The van der Waals surface area contributed by atoms with Crippen molar-refractivity contribution in [3.05, 3.63) is 215 Å². The molecule has 0 saturated heterocycles. The van der Waals surface area contributed by atoms with E-state index in [2.05, 4.69) is 20.6 Å². The van der Waals surface area contributed by atoms with Gasteiger partial charge in [-0.3, -0.25) is 4.79 Å². The Morgan fingerprint density at radius 2 is 1.12 bits per heavy atom. The summed E-state index contributed by atoms with van der Waals surface area (Å²) in [4.78, 5) is 30.7. The number of carbonyl (C=O) groups excluding carboxylic acids is 2. The van der Waals surface area contributed by atoms with Crippen LogP contribution in [0.2, 0.25) is 0 Å².